The van der Waals surface area contributed by atoms with Crippen molar-refractivity contribution in [2.45, 2.75) is 13.0 Å². The molecule has 0 heterocycles. The summed E-state index contributed by atoms with van der Waals surface area (Å²) in [6.07, 6.45) is -0.999. The van der Waals surface area contributed by atoms with Crippen LogP contribution in [-0.2, 0) is 9.53 Å². The van der Waals surface area contributed by atoms with Crippen molar-refractivity contribution in [1.29, 1.82) is 0 Å². The third kappa shape index (κ3) is 5.76. The van der Waals surface area contributed by atoms with Crippen LogP contribution < -0.4 is 19.5 Å². The maximum Gasteiger partial charge on any atom is 0.339 e. The summed E-state index contributed by atoms with van der Waals surface area (Å²) < 4.78 is 21.3. The fourth-order valence-corrected chi connectivity index (χ4v) is 2.72. The van der Waals surface area contributed by atoms with Gasteiger partial charge in [0.05, 0.1) is 19.8 Å². The average molecular weight is 421 g/mol. The zero-order valence-electron chi connectivity index (χ0n) is 17.5. The molecule has 0 radical (unpaired) electrons. The van der Waals surface area contributed by atoms with Crippen LogP contribution in [0.4, 0.5) is 5.69 Å². The molecule has 0 spiro atoms. The monoisotopic (exact) mass is 421 g/mol. The van der Waals surface area contributed by atoms with Gasteiger partial charge in [-0.25, -0.2) is 4.79 Å². The van der Waals surface area contributed by atoms with Gasteiger partial charge in [-0.3, -0.25) is 4.79 Å². The Morgan fingerprint density at radius 3 is 2.10 bits per heavy atom. The van der Waals surface area contributed by atoms with Gasteiger partial charge < -0.3 is 24.3 Å². The molecule has 1 atom stereocenters. The first-order valence-corrected chi connectivity index (χ1v) is 9.57. The van der Waals surface area contributed by atoms with Crippen LogP contribution in [0.1, 0.15) is 17.3 Å². The molecule has 0 aliphatic rings. The van der Waals surface area contributed by atoms with Crippen LogP contribution >= 0.6 is 0 Å². The fourth-order valence-electron chi connectivity index (χ4n) is 2.72. The van der Waals surface area contributed by atoms with E-state index in [-0.39, 0.29) is 5.56 Å². The second-order valence-electron chi connectivity index (χ2n) is 6.55. The number of amides is 1. The number of carbonyl (C=O) groups is 2. The number of benzene rings is 3. The van der Waals surface area contributed by atoms with E-state index in [9.17, 15) is 9.59 Å². The SMILES string of the molecule is COc1ccc(C(=O)OC(C)C(=O)Nc2ccc(Oc3ccccc3)cc2)cc1OC. The number of rotatable bonds is 8. The maximum atomic E-state index is 12.4. The van der Waals surface area contributed by atoms with E-state index in [0.29, 0.717) is 22.9 Å². The van der Waals surface area contributed by atoms with Gasteiger partial charge in [0.15, 0.2) is 17.6 Å². The lowest BCUT2D eigenvalue weighted by atomic mass is 10.2. The molecule has 0 aromatic heterocycles. The first-order chi connectivity index (χ1) is 15.0. The second-order valence-corrected chi connectivity index (χ2v) is 6.55. The third-order valence-corrected chi connectivity index (χ3v) is 4.37. The van der Waals surface area contributed by atoms with Crippen molar-refractivity contribution in [2.75, 3.05) is 19.5 Å². The summed E-state index contributed by atoms with van der Waals surface area (Å²) in [6, 6.07) is 20.9. The predicted octanol–water partition coefficient (Wildman–Crippen LogP) is 4.68. The Hall–Kier alpha value is -4.00. The standard InChI is InChI=1S/C24H23NO6/c1-16(30-24(27)17-9-14-21(28-2)22(15-17)29-3)23(26)25-18-10-12-20(13-11-18)31-19-7-5-4-6-8-19/h4-16H,1-3H3,(H,25,26). The lowest BCUT2D eigenvalue weighted by molar-refractivity contribution is -0.123. The number of hydrogen-bond acceptors (Lipinski definition) is 6. The number of ether oxygens (including phenoxy) is 4. The Morgan fingerprint density at radius 1 is 0.806 bits per heavy atom. The first-order valence-electron chi connectivity index (χ1n) is 9.57. The quantitative estimate of drug-likeness (QED) is 0.532. The Balaban J connectivity index is 1.57. The van der Waals surface area contributed by atoms with Crippen LogP contribution in [0, 0.1) is 0 Å². The van der Waals surface area contributed by atoms with E-state index >= 15 is 0 Å². The number of anilines is 1. The van der Waals surface area contributed by atoms with E-state index in [0.717, 1.165) is 5.75 Å². The minimum atomic E-state index is -0.999. The van der Waals surface area contributed by atoms with E-state index in [2.05, 4.69) is 5.32 Å². The molecule has 0 bridgehead atoms. The average Bonchev–Trinajstić information content (AvgIpc) is 2.80. The molecule has 1 unspecified atom stereocenters. The van der Waals surface area contributed by atoms with Gasteiger partial charge >= 0.3 is 5.97 Å². The summed E-state index contributed by atoms with van der Waals surface area (Å²) in [5.41, 5.74) is 0.805. The topological polar surface area (TPSA) is 83.1 Å². The lowest BCUT2D eigenvalue weighted by Gasteiger charge is -2.15. The maximum absolute atomic E-state index is 12.4. The largest absolute Gasteiger partial charge is 0.493 e. The minimum Gasteiger partial charge on any atom is -0.493 e. The molecule has 3 aromatic rings. The highest BCUT2D eigenvalue weighted by molar-refractivity contribution is 5.97. The highest BCUT2D eigenvalue weighted by Crippen LogP contribution is 2.28. The van der Waals surface area contributed by atoms with E-state index in [1.165, 1.54) is 27.2 Å². The first kappa shape index (κ1) is 21.7. The highest BCUT2D eigenvalue weighted by atomic mass is 16.5. The van der Waals surface area contributed by atoms with Crippen molar-refractivity contribution < 1.29 is 28.5 Å². The number of hydrogen-bond donors (Lipinski definition) is 1. The van der Waals surface area contributed by atoms with Gasteiger partial charge in [0.1, 0.15) is 11.5 Å². The van der Waals surface area contributed by atoms with Crippen LogP contribution in [0.15, 0.2) is 72.8 Å². The van der Waals surface area contributed by atoms with Crippen LogP contribution in [0.5, 0.6) is 23.0 Å². The Labute approximate surface area is 180 Å². The van der Waals surface area contributed by atoms with Crippen molar-refractivity contribution in [1.82, 2.24) is 0 Å². The molecule has 7 nitrogen and oxygen atoms in total. The van der Waals surface area contributed by atoms with E-state index in [1.807, 2.05) is 30.3 Å². The molecular formula is C24H23NO6. The lowest BCUT2D eigenvalue weighted by Crippen LogP contribution is -2.30. The molecule has 1 amide bonds. The van der Waals surface area contributed by atoms with E-state index in [1.54, 1.807) is 36.4 Å². The van der Waals surface area contributed by atoms with Crippen molar-refractivity contribution in [3.8, 4) is 23.0 Å². The summed E-state index contributed by atoms with van der Waals surface area (Å²) in [6.45, 7) is 1.50. The molecule has 0 aliphatic carbocycles. The van der Waals surface area contributed by atoms with Crippen molar-refractivity contribution in [2.24, 2.45) is 0 Å². The highest BCUT2D eigenvalue weighted by Gasteiger charge is 2.20. The molecule has 0 aliphatic heterocycles. The van der Waals surface area contributed by atoms with Gasteiger partial charge in [-0.2, -0.15) is 0 Å². The minimum absolute atomic E-state index is 0.250. The van der Waals surface area contributed by atoms with Gasteiger partial charge in [-0.1, -0.05) is 18.2 Å². The van der Waals surface area contributed by atoms with E-state index < -0.39 is 18.0 Å². The molecule has 3 rings (SSSR count). The molecule has 160 valence electrons. The van der Waals surface area contributed by atoms with Gasteiger partial charge in [-0.05, 0) is 61.5 Å². The van der Waals surface area contributed by atoms with Crippen LogP contribution in [-0.4, -0.2) is 32.2 Å². The second kappa shape index (κ2) is 10.2. The molecule has 3 aromatic carbocycles. The summed E-state index contributed by atoms with van der Waals surface area (Å²) in [5.74, 6) is 1.14. The molecule has 0 saturated carbocycles. The third-order valence-electron chi connectivity index (χ3n) is 4.37. The van der Waals surface area contributed by atoms with Gasteiger partial charge in [0, 0.05) is 5.69 Å². The van der Waals surface area contributed by atoms with Crippen LogP contribution in [0.3, 0.4) is 0 Å². The number of carbonyl (C=O) groups excluding carboxylic acids is 2. The van der Waals surface area contributed by atoms with Crippen molar-refractivity contribution >= 4 is 17.6 Å². The molecule has 1 N–H and O–H groups in total. The molecule has 31 heavy (non-hydrogen) atoms. The summed E-state index contributed by atoms with van der Waals surface area (Å²) in [4.78, 5) is 24.8. The van der Waals surface area contributed by atoms with Crippen LogP contribution in [0.25, 0.3) is 0 Å². The zero-order chi connectivity index (χ0) is 22.2. The predicted molar refractivity (Wildman–Crippen MR) is 116 cm³/mol. The Morgan fingerprint density at radius 2 is 1.45 bits per heavy atom. The molecule has 0 fully saturated rings. The van der Waals surface area contributed by atoms with E-state index in [4.69, 9.17) is 18.9 Å². The summed E-state index contributed by atoms with van der Waals surface area (Å²) >= 11 is 0. The number of esters is 1. The fraction of sp³-hybridized carbons (Fsp3) is 0.167. The number of methoxy groups -OCH3 is 2. The van der Waals surface area contributed by atoms with Crippen molar-refractivity contribution in [3.63, 3.8) is 0 Å². The smallest absolute Gasteiger partial charge is 0.339 e. The van der Waals surface area contributed by atoms with Gasteiger partial charge in [0.25, 0.3) is 5.91 Å². The van der Waals surface area contributed by atoms with Crippen LogP contribution in [0.2, 0.25) is 0 Å². The summed E-state index contributed by atoms with van der Waals surface area (Å²) in [5, 5.41) is 2.71. The molecule has 0 saturated heterocycles. The number of para-hydroxylation sites is 1. The zero-order valence-corrected chi connectivity index (χ0v) is 17.5. The number of nitrogens with one attached hydrogen (secondary N) is 1. The van der Waals surface area contributed by atoms with Gasteiger partial charge in [-0.15, -0.1) is 0 Å². The Bertz CT molecular complexity index is 1030. The van der Waals surface area contributed by atoms with Crippen molar-refractivity contribution in [3.05, 3.63) is 78.4 Å². The van der Waals surface area contributed by atoms with Gasteiger partial charge in [0.2, 0.25) is 0 Å². The Kier molecular flexibility index (Phi) is 7.11. The molecular weight excluding hydrogens is 398 g/mol. The molecule has 7 heteroatoms. The summed E-state index contributed by atoms with van der Waals surface area (Å²) in [7, 11) is 2.97. The normalized spacial score (nSPS) is 11.2.